The van der Waals surface area contributed by atoms with E-state index in [0.717, 1.165) is 24.7 Å². The van der Waals surface area contributed by atoms with E-state index in [9.17, 15) is 0 Å². The third-order valence-electron chi connectivity index (χ3n) is 5.06. The minimum absolute atomic E-state index is 0.317. The van der Waals surface area contributed by atoms with Crippen LogP contribution in [0.1, 0.15) is 57.3 Å². The van der Waals surface area contributed by atoms with Crippen LogP contribution in [-0.2, 0) is 7.05 Å². The first-order valence-electron chi connectivity index (χ1n) is 8.27. The summed E-state index contributed by atoms with van der Waals surface area (Å²) >= 11 is 0. The second-order valence-electron chi connectivity index (χ2n) is 7.62. The number of nitrogens with zero attached hydrogens (tertiary/aromatic N) is 3. The van der Waals surface area contributed by atoms with Gasteiger partial charge in [0.2, 0.25) is 0 Å². The van der Waals surface area contributed by atoms with Gasteiger partial charge in [-0.05, 0) is 50.6 Å². The average molecular weight is 292 g/mol. The lowest BCUT2D eigenvalue weighted by Gasteiger charge is -2.31. The van der Waals surface area contributed by atoms with Crippen molar-refractivity contribution >= 4 is 0 Å². The summed E-state index contributed by atoms with van der Waals surface area (Å²) in [4.78, 5) is 2.58. The van der Waals surface area contributed by atoms with E-state index in [2.05, 4.69) is 43.9 Å². The van der Waals surface area contributed by atoms with Crippen LogP contribution in [0.25, 0.3) is 0 Å². The Labute approximate surface area is 129 Å². The van der Waals surface area contributed by atoms with Crippen LogP contribution in [0.2, 0.25) is 0 Å². The lowest BCUT2D eigenvalue weighted by molar-refractivity contribution is 0.184. The standard InChI is InChI=1S/C17H32N4/c1-13-15(12-20(5)19-13)16(11-18)21-9-6-7-14(8-10-21)17(2,3)4/h12,14,16H,6-11,18H2,1-5H3. The molecule has 0 amide bonds. The van der Waals surface area contributed by atoms with E-state index in [4.69, 9.17) is 5.73 Å². The summed E-state index contributed by atoms with van der Waals surface area (Å²) in [7, 11) is 1.99. The SMILES string of the molecule is Cc1nn(C)cc1C(CN)N1CCCC(C(C)(C)C)CC1. The van der Waals surface area contributed by atoms with Crippen molar-refractivity contribution in [3.63, 3.8) is 0 Å². The van der Waals surface area contributed by atoms with Gasteiger partial charge in [0, 0.05) is 25.4 Å². The zero-order valence-corrected chi connectivity index (χ0v) is 14.4. The van der Waals surface area contributed by atoms with Gasteiger partial charge in [0.05, 0.1) is 11.7 Å². The van der Waals surface area contributed by atoms with Crippen molar-refractivity contribution in [2.75, 3.05) is 19.6 Å². The predicted molar refractivity (Wildman–Crippen MR) is 88.1 cm³/mol. The van der Waals surface area contributed by atoms with Crippen LogP contribution >= 0.6 is 0 Å². The van der Waals surface area contributed by atoms with Crippen molar-refractivity contribution in [3.05, 3.63) is 17.5 Å². The first kappa shape index (κ1) is 16.5. The number of hydrogen-bond acceptors (Lipinski definition) is 3. The van der Waals surface area contributed by atoms with Gasteiger partial charge in [0.15, 0.2) is 0 Å². The molecular formula is C17H32N4. The fourth-order valence-corrected chi connectivity index (χ4v) is 3.71. The molecule has 1 aromatic heterocycles. The van der Waals surface area contributed by atoms with Crippen LogP contribution in [0.4, 0.5) is 0 Å². The Bertz CT molecular complexity index is 458. The molecule has 120 valence electrons. The number of likely N-dealkylation sites (tertiary alicyclic amines) is 1. The summed E-state index contributed by atoms with van der Waals surface area (Å²) < 4.78 is 1.91. The number of rotatable bonds is 3. The van der Waals surface area contributed by atoms with Crippen LogP contribution < -0.4 is 5.73 Å². The highest BCUT2D eigenvalue weighted by Gasteiger charge is 2.30. The summed E-state index contributed by atoms with van der Waals surface area (Å²) in [5, 5.41) is 4.49. The van der Waals surface area contributed by atoms with Crippen molar-refractivity contribution in [2.24, 2.45) is 24.1 Å². The molecule has 1 fully saturated rings. The number of aromatic nitrogens is 2. The van der Waals surface area contributed by atoms with Gasteiger partial charge >= 0.3 is 0 Å². The largest absolute Gasteiger partial charge is 0.329 e. The van der Waals surface area contributed by atoms with Gasteiger partial charge in [-0.15, -0.1) is 0 Å². The van der Waals surface area contributed by atoms with E-state index >= 15 is 0 Å². The van der Waals surface area contributed by atoms with Gasteiger partial charge < -0.3 is 5.73 Å². The quantitative estimate of drug-likeness (QED) is 0.932. The fraction of sp³-hybridized carbons (Fsp3) is 0.824. The molecule has 0 aliphatic carbocycles. The van der Waals surface area contributed by atoms with E-state index in [-0.39, 0.29) is 0 Å². The van der Waals surface area contributed by atoms with Crippen molar-refractivity contribution in [1.82, 2.24) is 14.7 Å². The van der Waals surface area contributed by atoms with Gasteiger partial charge in [0.1, 0.15) is 0 Å². The highest BCUT2D eigenvalue weighted by atomic mass is 15.3. The van der Waals surface area contributed by atoms with E-state index in [1.54, 1.807) is 0 Å². The molecule has 1 aliphatic rings. The van der Waals surface area contributed by atoms with Crippen molar-refractivity contribution < 1.29 is 0 Å². The second kappa shape index (κ2) is 6.49. The first-order valence-corrected chi connectivity index (χ1v) is 8.27. The van der Waals surface area contributed by atoms with Crippen LogP contribution in [0, 0.1) is 18.3 Å². The van der Waals surface area contributed by atoms with Crippen LogP contribution in [0.3, 0.4) is 0 Å². The Morgan fingerprint density at radius 3 is 2.57 bits per heavy atom. The highest BCUT2D eigenvalue weighted by molar-refractivity contribution is 5.20. The lowest BCUT2D eigenvalue weighted by atomic mass is 9.77. The molecule has 4 nitrogen and oxygen atoms in total. The third-order valence-corrected chi connectivity index (χ3v) is 5.06. The molecule has 1 aliphatic heterocycles. The molecule has 0 aromatic carbocycles. The Morgan fingerprint density at radius 1 is 1.33 bits per heavy atom. The summed E-state index contributed by atoms with van der Waals surface area (Å²) in [6, 6.07) is 0.317. The molecule has 2 N–H and O–H groups in total. The van der Waals surface area contributed by atoms with E-state index < -0.39 is 0 Å². The van der Waals surface area contributed by atoms with Gasteiger partial charge in [-0.2, -0.15) is 5.10 Å². The van der Waals surface area contributed by atoms with Crippen molar-refractivity contribution in [3.8, 4) is 0 Å². The van der Waals surface area contributed by atoms with Gasteiger partial charge in [-0.1, -0.05) is 20.8 Å². The molecule has 0 bridgehead atoms. The van der Waals surface area contributed by atoms with Crippen molar-refractivity contribution in [2.45, 2.75) is 53.0 Å². The monoisotopic (exact) mass is 292 g/mol. The van der Waals surface area contributed by atoms with Crippen LogP contribution in [-0.4, -0.2) is 34.3 Å². The Hall–Kier alpha value is -0.870. The van der Waals surface area contributed by atoms with Gasteiger partial charge in [0.25, 0.3) is 0 Å². The summed E-state index contributed by atoms with van der Waals surface area (Å²) in [6.45, 7) is 12.2. The maximum absolute atomic E-state index is 6.11. The van der Waals surface area contributed by atoms with Crippen LogP contribution in [0.15, 0.2) is 6.20 Å². The summed E-state index contributed by atoms with van der Waals surface area (Å²) in [5.41, 5.74) is 8.94. The molecular weight excluding hydrogens is 260 g/mol. The summed E-state index contributed by atoms with van der Waals surface area (Å²) in [6.07, 6.45) is 6.03. The molecule has 2 rings (SSSR count). The number of hydrogen-bond donors (Lipinski definition) is 1. The number of aryl methyl sites for hydroxylation is 2. The maximum Gasteiger partial charge on any atom is 0.0641 e. The fourth-order valence-electron chi connectivity index (χ4n) is 3.71. The summed E-state index contributed by atoms with van der Waals surface area (Å²) in [5.74, 6) is 0.816. The Kier molecular flexibility index (Phi) is 5.10. The topological polar surface area (TPSA) is 47.1 Å². The maximum atomic E-state index is 6.11. The minimum Gasteiger partial charge on any atom is -0.329 e. The normalized spacial score (nSPS) is 23.0. The molecule has 2 unspecified atom stereocenters. The zero-order chi connectivity index (χ0) is 15.6. The van der Waals surface area contributed by atoms with Gasteiger partial charge in [-0.3, -0.25) is 9.58 Å². The molecule has 0 radical (unpaired) electrons. The Balaban J connectivity index is 2.11. The zero-order valence-electron chi connectivity index (χ0n) is 14.4. The second-order valence-corrected chi connectivity index (χ2v) is 7.62. The third kappa shape index (κ3) is 3.86. The van der Waals surface area contributed by atoms with E-state index in [0.29, 0.717) is 18.0 Å². The average Bonchev–Trinajstić information content (AvgIpc) is 2.62. The van der Waals surface area contributed by atoms with Gasteiger partial charge in [-0.25, -0.2) is 0 Å². The number of nitrogens with two attached hydrogens (primary N) is 1. The molecule has 1 saturated heterocycles. The molecule has 4 heteroatoms. The molecule has 2 atom stereocenters. The Morgan fingerprint density at radius 2 is 2.05 bits per heavy atom. The predicted octanol–water partition coefficient (Wildman–Crippen LogP) is 2.88. The molecule has 0 saturated carbocycles. The first-order chi connectivity index (χ1) is 9.82. The highest BCUT2D eigenvalue weighted by Crippen LogP contribution is 2.36. The van der Waals surface area contributed by atoms with Crippen LogP contribution in [0.5, 0.6) is 0 Å². The molecule has 1 aromatic rings. The molecule has 0 spiro atoms. The van der Waals surface area contributed by atoms with E-state index in [1.165, 1.54) is 24.8 Å². The molecule has 21 heavy (non-hydrogen) atoms. The van der Waals surface area contributed by atoms with E-state index in [1.807, 2.05) is 11.7 Å². The smallest absolute Gasteiger partial charge is 0.0641 e. The van der Waals surface area contributed by atoms with Crippen molar-refractivity contribution in [1.29, 1.82) is 0 Å². The molecule has 2 heterocycles. The minimum atomic E-state index is 0.317. The lowest BCUT2D eigenvalue weighted by Crippen LogP contribution is -2.35.